The van der Waals surface area contributed by atoms with Crippen LogP contribution >= 0.6 is 0 Å². The lowest BCUT2D eigenvalue weighted by Crippen LogP contribution is -2.47. The number of hydrogen-bond donors (Lipinski definition) is 2. The van der Waals surface area contributed by atoms with Gasteiger partial charge in [0.2, 0.25) is 5.91 Å². The molecule has 1 aromatic carbocycles. The molecule has 3 rings (SSSR count). The van der Waals surface area contributed by atoms with Crippen molar-refractivity contribution in [2.75, 3.05) is 31.1 Å². The third-order valence-electron chi connectivity index (χ3n) is 4.67. The molecule has 0 radical (unpaired) electrons. The largest absolute Gasteiger partial charge is 0.371 e. The fourth-order valence-corrected chi connectivity index (χ4v) is 3.32. The Bertz CT molecular complexity index is 448. The molecule has 0 atom stereocenters. The topological polar surface area (TPSA) is 44.4 Å². The summed E-state index contributed by atoms with van der Waals surface area (Å²) in [6, 6.07) is 10.9. The number of carbonyl (C=O) groups is 1. The summed E-state index contributed by atoms with van der Waals surface area (Å²) in [6.07, 6.45) is 4.06. The highest BCUT2D eigenvalue weighted by molar-refractivity contribution is 5.79. The van der Waals surface area contributed by atoms with Gasteiger partial charge in [-0.05, 0) is 50.9 Å². The van der Waals surface area contributed by atoms with Gasteiger partial charge in [0.05, 0.1) is 0 Å². The molecule has 0 bridgehead atoms. The number of carbonyl (C=O) groups excluding carboxylic acids is 1. The van der Waals surface area contributed by atoms with E-state index in [1.54, 1.807) is 0 Å². The highest BCUT2D eigenvalue weighted by atomic mass is 16.1. The summed E-state index contributed by atoms with van der Waals surface area (Å²) in [5.41, 5.74) is 1.29. The average Bonchev–Trinajstić information content (AvgIpc) is 2.57. The number of anilines is 1. The molecule has 2 aliphatic heterocycles. The van der Waals surface area contributed by atoms with Gasteiger partial charge in [-0.15, -0.1) is 0 Å². The van der Waals surface area contributed by atoms with Crippen molar-refractivity contribution in [3.05, 3.63) is 30.3 Å². The fraction of sp³-hybridized carbons (Fsp3) is 0.588. The lowest BCUT2D eigenvalue weighted by molar-refractivity contribution is -0.126. The summed E-state index contributed by atoms with van der Waals surface area (Å²) in [5.74, 6) is 0.494. The van der Waals surface area contributed by atoms with Gasteiger partial charge in [0, 0.05) is 30.7 Å². The quantitative estimate of drug-likeness (QED) is 0.890. The molecule has 1 amide bonds. The summed E-state index contributed by atoms with van der Waals surface area (Å²) in [7, 11) is 0. The van der Waals surface area contributed by atoms with Crippen LogP contribution in [0.2, 0.25) is 0 Å². The van der Waals surface area contributed by atoms with Crippen LogP contribution in [0, 0.1) is 5.92 Å². The predicted molar refractivity (Wildman–Crippen MR) is 85.4 cm³/mol. The second-order valence-corrected chi connectivity index (χ2v) is 6.13. The van der Waals surface area contributed by atoms with E-state index in [-0.39, 0.29) is 11.8 Å². The van der Waals surface area contributed by atoms with E-state index in [9.17, 15) is 4.79 Å². The van der Waals surface area contributed by atoms with Crippen LogP contribution in [0.1, 0.15) is 25.7 Å². The lowest BCUT2D eigenvalue weighted by Gasteiger charge is -2.35. The predicted octanol–water partition coefficient (Wildman–Crippen LogP) is 1.77. The normalized spacial score (nSPS) is 21.2. The molecule has 0 aromatic heterocycles. The summed E-state index contributed by atoms with van der Waals surface area (Å²) >= 11 is 0. The number of rotatable bonds is 3. The van der Waals surface area contributed by atoms with Crippen LogP contribution in [0.4, 0.5) is 5.69 Å². The van der Waals surface area contributed by atoms with Gasteiger partial charge in [-0.2, -0.15) is 0 Å². The molecule has 0 unspecified atom stereocenters. The average molecular weight is 287 g/mol. The van der Waals surface area contributed by atoms with E-state index < -0.39 is 0 Å². The van der Waals surface area contributed by atoms with Crippen molar-refractivity contribution in [3.8, 4) is 0 Å². The van der Waals surface area contributed by atoms with Crippen molar-refractivity contribution in [3.63, 3.8) is 0 Å². The van der Waals surface area contributed by atoms with E-state index in [0.717, 1.165) is 51.9 Å². The van der Waals surface area contributed by atoms with Gasteiger partial charge in [-0.1, -0.05) is 18.2 Å². The number of piperidine rings is 2. The first-order valence-corrected chi connectivity index (χ1v) is 8.14. The Kier molecular flexibility index (Phi) is 4.76. The van der Waals surface area contributed by atoms with Crippen molar-refractivity contribution < 1.29 is 4.79 Å². The molecule has 2 fully saturated rings. The maximum atomic E-state index is 12.3. The first-order chi connectivity index (χ1) is 10.3. The zero-order valence-electron chi connectivity index (χ0n) is 12.6. The van der Waals surface area contributed by atoms with Crippen LogP contribution in [0.25, 0.3) is 0 Å². The zero-order chi connectivity index (χ0) is 14.5. The van der Waals surface area contributed by atoms with E-state index in [4.69, 9.17) is 0 Å². The highest BCUT2D eigenvalue weighted by Crippen LogP contribution is 2.20. The SMILES string of the molecule is O=C(NC1CCN(c2ccccc2)CC1)C1CCNCC1. The number of nitrogens with zero attached hydrogens (tertiary/aromatic N) is 1. The number of hydrogen-bond acceptors (Lipinski definition) is 3. The van der Waals surface area contributed by atoms with Crippen LogP contribution in [0.5, 0.6) is 0 Å². The molecule has 2 N–H and O–H groups in total. The molecule has 21 heavy (non-hydrogen) atoms. The molecule has 2 saturated heterocycles. The van der Waals surface area contributed by atoms with Crippen molar-refractivity contribution in [1.82, 2.24) is 10.6 Å². The van der Waals surface area contributed by atoms with E-state index in [1.807, 2.05) is 0 Å². The molecular weight excluding hydrogens is 262 g/mol. The van der Waals surface area contributed by atoms with Crippen molar-refractivity contribution in [2.45, 2.75) is 31.7 Å². The Balaban J connectivity index is 1.46. The second-order valence-electron chi connectivity index (χ2n) is 6.13. The number of benzene rings is 1. The van der Waals surface area contributed by atoms with Gasteiger partial charge in [0.15, 0.2) is 0 Å². The summed E-state index contributed by atoms with van der Waals surface area (Å²) in [4.78, 5) is 14.7. The van der Waals surface area contributed by atoms with Crippen molar-refractivity contribution >= 4 is 11.6 Å². The number of nitrogens with one attached hydrogen (secondary N) is 2. The molecule has 0 saturated carbocycles. The van der Waals surface area contributed by atoms with Crippen molar-refractivity contribution in [2.24, 2.45) is 5.92 Å². The van der Waals surface area contributed by atoms with E-state index in [2.05, 4.69) is 45.9 Å². The second kappa shape index (κ2) is 6.94. The van der Waals surface area contributed by atoms with Crippen LogP contribution < -0.4 is 15.5 Å². The van der Waals surface area contributed by atoms with Crippen molar-refractivity contribution in [1.29, 1.82) is 0 Å². The molecule has 0 spiro atoms. The van der Waals surface area contributed by atoms with Crippen LogP contribution in [-0.2, 0) is 4.79 Å². The van der Waals surface area contributed by atoms with Gasteiger partial charge < -0.3 is 15.5 Å². The lowest BCUT2D eigenvalue weighted by atomic mass is 9.96. The maximum Gasteiger partial charge on any atom is 0.223 e. The Morgan fingerprint density at radius 3 is 2.38 bits per heavy atom. The van der Waals surface area contributed by atoms with E-state index in [0.29, 0.717) is 6.04 Å². The van der Waals surface area contributed by atoms with E-state index >= 15 is 0 Å². The number of amides is 1. The van der Waals surface area contributed by atoms with E-state index in [1.165, 1.54) is 5.69 Å². The molecular formula is C17H25N3O. The molecule has 2 aliphatic rings. The molecule has 4 nitrogen and oxygen atoms in total. The minimum Gasteiger partial charge on any atom is -0.371 e. The Morgan fingerprint density at radius 2 is 1.71 bits per heavy atom. The Morgan fingerprint density at radius 1 is 1.05 bits per heavy atom. The first-order valence-electron chi connectivity index (χ1n) is 8.14. The van der Waals surface area contributed by atoms with Gasteiger partial charge >= 0.3 is 0 Å². The minimum atomic E-state index is 0.221. The highest BCUT2D eigenvalue weighted by Gasteiger charge is 2.25. The van der Waals surface area contributed by atoms with Gasteiger partial charge in [-0.3, -0.25) is 4.79 Å². The molecule has 4 heteroatoms. The van der Waals surface area contributed by atoms with Crippen LogP contribution in [0.3, 0.4) is 0 Å². The van der Waals surface area contributed by atoms with Gasteiger partial charge in [-0.25, -0.2) is 0 Å². The Hall–Kier alpha value is -1.55. The summed E-state index contributed by atoms with van der Waals surface area (Å²) in [5, 5.41) is 6.58. The van der Waals surface area contributed by atoms with Gasteiger partial charge in [0.1, 0.15) is 0 Å². The van der Waals surface area contributed by atoms with Crippen LogP contribution in [0.15, 0.2) is 30.3 Å². The third-order valence-corrected chi connectivity index (χ3v) is 4.67. The molecule has 2 heterocycles. The molecule has 114 valence electrons. The van der Waals surface area contributed by atoms with Crippen LogP contribution in [-0.4, -0.2) is 38.1 Å². The first kappa shape index (κ1) is 14.4. The van der Waals surface area contributed by atoms with Gasteiger partial charge in [0.25, 0.3) is 0 Å². The monoisotopic (exact) mass is 287 g/mol. The summed E-state index contributed by atoms with van der Waals surface area (Å²) in [6.45, 7) is 4.01. The Labute approximate surface area is 126 Å². The third kappa shape index (κ3) is 3.76. The zero-order valence-corrected chi connectivity index (χ0v) is 12.6. The fourth-order valence-electron chi connectivity index (χ4n) is 3.32. The smallest absolute Gasteiger partial charge is 0.223 e. The minimum absolute atomic E-state index is 0.221. The number of para-hydroxylation sites is 1. The standard InChI is InChI=1S/C17H25N3O/c21-17(14-6-10-18-11-7-14)19-15-8-12-20(13-9-15)16-4-2-1-3-5-16/h1-5,14-15,18H,6-13H2,(H,19,21). The molecule has 1 aromatic rings. The molecule has 0 aliphatic carbocycles. The summed E-state index contributed by atoms with van der Waals surface area (Å²) < 4.78 is 0. The maximum absolute atomic E-state index is 12.3.